The molecule has 0 unspecified atom stereocenters. The molecule has 6 nitrogen and oxygen atoms in total. The molecular formula is C15H24ClN3O3S. The van der Waals surface area contributed by atoms with Crippen LogP contribution in [0.15, 0.2) is 23.1 Å². The zero-order valence-corrected chi connectivity index (χ0v) is 15.3. The first-order valence-corrected chi connectivity index (χ1v) is 8.80. The van der Waals surface area contributed by atoms with Gasteiger partial charge < -0.3 is 10.2 Å². The lowest BCUT2D eigenvalue weighted by Gasteiger charge is -2.34. The van der Waals surface area contributed by atoms with E-state index in [-0.39, 0.29) is 24.9 Å². The van der Waals surface area contributed by atoms with Gasteiger partial charge in [-0.3, -0.25) is 4.79 Å². The molecule has 1 aromatic carbocycles. The number of hydrogen-bond donors (Lipinski definition) is 1. The summed E-state index contributed by atoms with van der Waals surface area (Å²) >= 11 is 0. The molecule has 0 radical (unpaired) electrons. The van der Waals surface area contributed by atoms with Crippen molar-refractivity contribution in [3.8, 4) is 0 Å². The molecule has 0 saturated carbocycles. The van der Waals surface area contributed by atoms with Crippen molar-refractivity contribution in [3.05, 3.63) is 29.3 Å². The fourth-order valence-electron chi connectivity index (χ4n) is 2.46. The van der Waals surface area contributed by atoms with Crippen molar-refractivity contribution >= 4 is 28.3 Å². The van der Waals surface area contributed by atoms with E-state index in [1.165, 1.54) is 4.31 Å². The van der Waals surface area contributed by atoms with Crippen LogP contribution in [0.1, 0.15) is 11.1 Å². The molecule has 1 aliphatic rings. The Morgan fingerprint density at radius 2 is 1.74 bits per heavy atom. The SMILES string of the molecule is CNCC(=O)N1CCN(S(=O)(=O)c2ccc(C)c(C)c2)CC1.Cl. The van der Waals surface area contributed by atoms with Crippen molar-refractivity contribution < 1.29 is 13.2 Å². The summed E-state index contributed by atoms with van der Waals surface area (Å²) in [5.74, 6) is 0.00530. The topological polar surface area (TPSA) is 69.7 Å². The van der Waals surface area contributed by atoms with Crippen molar-refractivity contribution in [1.29, 1.82) is 0 Å². The van der Waals surface area contributed by atoms with Crippen LogP contribution in [0, 0.1) is 13.8 Å². The number of carbonyl (C=O) groups excluding carboxylic acids is 1. The summed E-state index contributed by atoms with van der Waals surface area (Å²) in [6.07, 6.45) is 0. The minimum Gasteiger partial charge on any atom is -0.339 e. The Kier molecular flexibility index (Phi) is 7.01. The molecule has 1 N–H and O–H groups in total. The summed E-state index contributed by atoms with van der Waals surface area (Å²) in [7, 11) is -1.76. The molecule has 0 atom stereocenters. The monoisotopic (exact) mass is 361 g/mol. The average Bonchev–Trinajstić information content (AvgIpc) is 2.50. The van der Waals surface area contributed by atoms with E-state index in [1.807, 2.05) is 19.9 Å². The summed E-state index contributed by atoms with van der Waals surface area (Å²) in [5.41, 5.74) is 2.03. The highest BCUT2D eigenvalue weighted by Gasteiger charge is 2.29. The number of hydrogen-bond acceptors (Lipinski definition) is 4. The normalized spacial score (nSPS) is 16.0. The maximum atomic E-state index is 12.7. The molecule has 1 fully saturated rings. The smallest absolute Gasteiger partial charge is 0.243 e. The van der Waals surface area contributed by atoms with Crippen LogP contribution in [0.25, 0.3) is 0 Å². The first kappa shape index (κ1) is 19.9. The third-order valence-corrected chi connectivity index (χ3v) is 5.93. The van der Waals surface area contributed by atoms with Crippen LogP contribution in [0.4, 0.5) is 0 Å². The lowest BCUT2D eigenvalue weighted by molar-refractivity contribution is -0.131. The molecule has 0 aromatic heterocycles. The molecule has 8 heteroatoms. The second-order valence-corrected chi connectivity index (χ2v) is 7.50. The molecule has 1 heterocycles. The van der Waals surface area contributed by atoms with Gasteiger partial charge in [0.25, 0.3) is 0 Å². The molecule has 1 aromatic rings. The number of carbonyl (C=O) groups is 1. The molecule has 130 valence electrons. The molecule has 0 aliphatic carbocycles. The standard InChI is InChI=1S/C15H23N3O3S.ClH/c1-12-4-5-14(10-13(12)2)22(20,21)18-8-6-17(7-9-18)15(19)11-16-3;/h4-5,10,16H,6-9,11H2,1-3H3;1H. The zero-order chi connectivity index (χ0) is 16.3. The summed E-state index contributed by atoms with van der Waals surface area (Å²) in [5, 5.41) is 2.82. The van der Waals surface area contributed by atoms with Crippen LogP contribution >= 0.6 is 12.4 Å². The number of amides is 1. The van der Waals surface area contributed by atoms with Gasteiger partial charge in [-0.2, -0.15) is 4.31 Å². The maximum absolute atomic E-state index is 12.7. The van der Waals surface area contributed by atoms with Gasteiger partial charge >= 0.3 is 0 Å². The number of rotatable bonds is 4. The van der Waals surface area contributed by atoms with E-state index in [2.05, 4.69) is 5.32 Å². The van der Waals surface area contributed by atoms with Crippen molar-refractivity contribution in [3.63, 3.8) is 0 Å². The third-order valence-electron chi connectivity index (χ3n) is 4.04. The number of nitrogens with one attached hydrogen (secondary N) is 1. The highest BCUT2D eigenvalue weighted by Crippen LogP contribution is 2.20. The number of piperazine rings is 1. The number of sulfonamides is 1. The Morgan fingerprint density at radius 1 is 1.13 bits per heavy atom. The Bertz CT molecular complexity index is 656. The van der Waals surface area contributed by atoms with E-state index >= 15 is 0 Å². The largest absolute Gasteiger partial charge is 0.339 e. The Hall–Kier alpha value is -1.15. The number of aryl methyl sites for hydroxylation is 2. The number of likely N-dealkylation sites (N-methyl/N-ethyl adjacent to an activating group) is 1. The van der Waals surface area contributed by atoms with Gasteiger partial charge in [0.2, 0.25) is 15.9 Å². The molecular weight excluding hydrogens is 338 g/mol. The average molecular weight is 362 g/mol. The third kappa shape index (κ3) is 4.44. The van der Waals surface area contributed by atoms with Crippen molar-refractivity contribution in [2.45, 2.75) is 18.7 Å². The Morgan fingerprint density at radius 3 is 2.26 bits per heavy atom. The molecule has 0 bridgehead atoms. The van der Waals surface area contributed by atoms with Crippen LogP contribution in [0.3, 0.4) is 0 Å². The summed E-state index contributed by atoms with van der Waals surface area (Å²) in [6.45, 7) is 5.69. The lowest BCUT2D eigenvalue weighted by atomic mass is 10.1. The molecule has 2 rings (SSSR count). The number of benzene rings is 1. The minimum absolute atomic E-state index is 0. The predicted octanol–water partition coefficient (Wildman–Crippen LogP) is 0.778. The Labute approximate surface area is 144 Å². The molecule has 1 aliphatic heterocycles. The van der Waals surface area contributed by atoms with E-state index in [1.54, 1.807) is 24.1 Å². The number of nitrogens with zero attached hydrogens (tertiary/aromatic N) is 2. The minimum atomic E-state index is -3.48. The van der Waals surface area contributed by atoms with Gasteiger partial charge in [-0.15, -0.1) is 12.4 Å². The van der Waals surface area contributed by atoms with Crippen LogP contribution in [-0.4, -0.2) is 63.3 Å². The summed E-state index contributed by atoms with van der Waals surface area (Å²) < 4.78 is 26.8. The van der Waals surface area contributed by atoms with Crippen molar-refractivity contribution in [2.75, 3.05) is 39.8 Å². The highest BCUT2D eigenvalue weighted by atomic mass is 35.5. The van der Waals surface area contributed by atoms with E-state index < -0.39 is 10.0 Å². The van der Waals surface area contributed by atoms with Crippen LogP contribution in [0.5, 0.6) is 0 Å². The Balaban J connectivity index is 0.00000264. The van der Waals surface area contributed by atoms with Gasteiger partial charge in [0.15, 0.2) is 0 Å². The van der Waals surface area contributed by atoms with E-state index in [0.29, 0.717) is 31.1 Å². The van der Waals surface area contributed by atoms with Crippen LogP contribution < -0.4 is 5.32 Å². The number of halogens is 1. The van der Waals surface area contributed by atoms with Gasteiger partial charge in [-0.05, 0) is 44.2 Å². The van der Waals surface area contributed by atoms with E-state index in [4.69, 9.17) is 0 Å². The molecule has 1 saturated heterocycles. The van der Waals surface area contributed by atoms with Crippen LogP contribution in [-0.2, 0) is 14.8 Å². The second kappa shape index (κ2) is 8.10. The maximum Gasteiger partial charge on any atom is 0.243 e. The molecule has 1 amide bonds. The van der Waals surface area contributed by atoms with Gasteiger partial charge in [-0.25, -0.2) is 8.42 Å². The molecule has 23 heavy (non-hydrogen) atoms. The van der Waals surface area contributed by atoms with Gasteiger partial charge in [0.1, 0.15) is 0 Å². The predicted molar refractivity (Wildman–Crippen MR) is 92.4 cm³/mol. The summed E-state index contributed by atoms with van der Waals surface area (Å²) in [4.78, 5) is 13.8. The van der Waals surface area contributed by atoms with Gasteiger partial charge in [0.05, 0.1) is 11.4 Å². The fraction of sp³-hybridized carbons (Fsp3) is 0.533. The highest BCUT2D eigenvalue weighted by molar-refractivity contribution is 7.89. The fourth-order valence-corrected chi connectivity index (χ4v) is 3.97. The molecule has 0 spiro atoms. The second-order valence-electron chi connectivity index (χ2n) is 5.56. The van der Waals surface area contributed by atoms with E-state index in [0.717, 1.165) is 11.1 Å². The zero-order valence-electron chi connectivity index (χ0n) is 13.7. The van der Waals surface area contributed by atoms with Crippen molar-refractivity contribution in [1.82, 2.24) is 14.5 Å². The quantitative estimate of drug-likeness (QED) is 0.860. The first-order chi connectivity index (χ1) is 10.4. The lowest BCUT2D eigenvalue weighted by Crippen LogP contribution is -2.52. The van der Waals surface area contributed by atoms with Gasteiger partial charge in [0, 0.05) is 26.2 Å². The van der Waals surface area contributed by atoms with Crippen LogP contribution in [0.2, 0.25) is 0 Å². The van der Waals surface area contributed by atoms with Gasteiger partial charge in [-0.1, -0.05) is 6.07 Å². The van der Waals surface area contributed by atoms with Crippen molar-refractivity contribution in [2.24, 2.45) is 0 Å². The first-order valence-electron chi connectivity index (χ1n) is 7.36. The van der Waals surface area contributed by atoms with E-state index in [9.17, 15) is 13.2 Å². The summed E-state index contributed by atoms with van der Waals surface area (Å²) in [6, 6.07) is 5.19.